The van der Waals surface area contributed by atoms with E-state index in [9.17, 15) is 0 Å². The summed E-state index contributed by atoms with van der Waals surface area (Å²) in [6, 6.07) is 0. The smallest absolute Gasteiger partial charge is 0.277 e. The highest BCUT2D eigenvalue weighted by atomic mass is 32.2. The van der Waals surface area contributed by atoms with Crippen molar-refractivity contribution in [2.75, 3.05) is 5.75 Å². The van der Waals surface area contributed by atoms with Gasteiger partial charge in [-0.05, 0) is 19.8 Å². The van der Waals surface area contributed by atoms with Gasteiger partial charge in [0.25, 0.3) is 5.22 Å². The third kappa shape index (κ3) is 2.25. The van der Waals surface area contributed by atoms with Crippen LogP contribution in [-0.4, -0.2) is 16.0 Å². The molecule has 0 aromatic carbocycles. The van der Waals surface area contributed by atoms with E-state index < -0.39 is 0 Å². The third-order valence-electron chi connectivity index (χ3n) is 1.79. The molecule has 0 spiro atoms. The molecule has 0 unspecified atom stereocenters. The average molecular weight is 194 g/mol. The molecular weight excluding hydrogens is 184 g/mol. The molecule has 0 N–H and O–H groups in total. The van der Waals surface area contributed by atoms with Crippen molar-refractivity contribution in [3.05, 3.63) is 5.89 Å². The number of nitrogens with zero attached hydrogens (tertiary/aromatic N) is 2. The van der Waals surface area contributed by atoms with E-state index >= 15 is 0 Å². The molecule has 0 atom stereocenters. The number of rotatable bonds is 3. The molecular formula is C9H10N2OS. The third-order valence-corrected chi connectivity index (χ3v) is 2.49. The maximum Gasteiger partial charge on any atom is 0.277 e. The highest BCUT2D eigenvalue weighted by Crippen LogP contribution is 2.39. The lowest BCUT2D eigenvalue weighted by atomic mass is 10.4. The van der Waals surface area contributed by atoms with Crippen LogP contribution in [0.3, 0.4) is 0 Å². The molecule has 1 aliphatic rings. The predicted molar refractivity (Wildman–Crippen MR) is 50.4 cm³/mol. The first-order chi connectivity index (χ1) is 6.40. The quantitative estimate of drug-likeness (QED) is 0.545. The topological polar surface area (TPSA) is 38.9 Å². The van der Waals surface area contributed by atoms with E-state index in [4.69, 9.17) is 4.42 Å². The standard InChI is InChI=1S/C9H10N2OS/c1-2-3-6-13-9-11-10-8(12-9)7-4-5-7/h7H,4-6H2,1H3. The Hall–Kier alpha value is -0.950. The van der Waals surface area contributed by atoms with Gasteiger partial charge in [-0.15, -0.1) is 16.1 Å². The van der Waals surface area contributed by atoms with E-state index in [2.05, 4.69) is 22.0 Å². The Morgan fingerprint density at radius 1 is 1.54 bits per heavy atom. The second kappa shape index (κ2) is 3.84. The van der Waals surface area contributed by atoms with E-state index in [1.165, 1.54) is 24.6 Å². The van der Waals surface area contributed by atoms with E-state index in [1.807, 2.05) is 6.92 Å². The van der Waals surface area contributed by atoms with Crippen LogP contribution in [0, 0.1) is 11.8 Å². The lowest BCUT2D eigenvalue weighted by Gasteiger charge is -1.86. The highest BCUT2D eigenvalue weighted by molar-refractivity contribution is 7.99. The maximum absolute atomic E-state index is 5.43. The fourth-order valence-corrected chi connectivity index (χ4v) is 1.53. The number of hydrogen-bond donors (Lipinski definition) is 0. The lowest BCUT2D eigenvalue weighted by molar-refractivity contribution is 0.414. The molecule has 0 radical (unpaired) electrons. The van der Waals surface area contributed by atoms with Gasteiger partial charge in [0.2, 0.25) is 5.89 Å². The Morgan fingerprint density at radius 2 is 2.38 bits per heavy atom. The normalized spacial score (nSPS) is 15.2. The van der Waals surface area contributed by atoms with Crippen molar-refractivity contribution >= 4 is 11.8 Å². The van der Waals surface area contributed by atoms with Gasteiger partial charge in [-0.2, -0.15) is 0 Å². The molecule has 0 amide bonds. The average Bonchev–Trinajstić information content (AvgIpc) is 2.88. The minimum absolute atomic E-state index is 0.541. The molecule has 1 heterocycles. The zero-order valence-electron chi connectivity index (χ0n) is 7.41. The monoisotopic (exact) mass is 194 g/mol. The molecule has 13 heavy (non-hydrogen) atoms. The molecule has 1 saturated carbocycles. The highest BCUT2D eigenvalue weighted by Gasteiger charge is 2.29. The van der Waals surface area contributed by atoms with Crippen molar-refractivity contribution in [2.45, 2.75) is 30.9 Å². The van der Waals surface area contributed by atoms with E-state index in [0.717, 1.165) is 11.6 Å². The van der Waals surface area contributed by atoms with Gasteiger partial charge < -0.3 is 4.42 Å². The van der Waals surface area contributed by atoms with Gasteiger partial charge in [-0.25, -0.2) is 0 Å². The second-order valence-electron chi connectivity index (χ2n) is 2.90. The molecule has 0 bridgehead atoms. The largest absolute Gasteiger partial charge is 0.416 e. The van der Waals surface area contributed by atoms with Crippen molar-refractivity contribution in [1.29, 1.82) is 0 Å². The zero-order valence-corrected chi connectivity index (χ0v) is 8.23. The summed E-state index contributed by atoms with van der Waals surface area (Å²) < 4.78 is 5.43. The van der Waals surface area contributed by atoms with E-state index in [1.54, 1.807) is 0 Å². The summed E-state index contributed by atoms with van der Waals surface area (Å²) in [4.78, 5) is 0. The Balaban J connectivity index is 1.91. The Bertz CT molecular complexity index is 346. The van der Waals surface area contributed by atoms with Crippen LogP contribution in [-0.2, 0) is 0 Å². The first kappa shape index (κ1) is 8.64. The summed E-state index contributed by atoms with van der Waals surface area (Å²) in [6.45, 7) is 1.82. The number of thioether (sulfide) groups is 1. The molecule has 0 saturated heterocycles. The fraction of sp³-hybridized carbons (Fsp3) is 0.556. The number of aromatic nitrogens is 2. The van der Waals surface area contributed by atoms with E-state index in [0.29, 0.717) is 11.1 Å². The van der Waals surface area contributed by atoms with Gasteiger partial charge in [0.1, 0.15) is 0 Å². The minimum Gasteiger partial charge on any atom is -0.416 e. The summed E-state index contributed by atoms with van der Waals surface area (Å²) in [7, 11) is 0. The van der Waals surface area contributed by atoms with Crippen LogP contribution in [0.1, 0.15) is 31.6 Å². The van der Waals surface area contributed by atoms with Crippen molar-refractivity contribution in [3.8, 4) is 11.8 Å². The molecule has 1 aromatic rings. The summed E-state index contributed by atoms with van der Waals surface area (Å²) in [5.41, 5.74) is 0. The Kier molecular flexibility index (Phi) is 2.55. The maximum atomic E-state index is 5.43. The molecule has 2 rings (SSSR count). The van der Waals surface area contributed by atoms with Gasteiger partial charge in [0.05, 0.1) is 5.75 Å². The van der Waals surface area contributed by atoms with Crippen LogP contribution in [0.2, 0.25) is 0 Å². The molecule has 4 heteroatoms. The van der Waals surface area contributed by atoms with Crippen LogP contribution in [0.25, 0.3) is 0 Å². The van der Waals surface area contributed by atoms with Crippen LogP contribution < -0.4 is 0 Å². The first-order valence-corrected chi connectivity index (χ1v) is 5.24. The first-order valence-electron chi connectivity index (χ1n) is 4.26. The van der Waals surface area contributed by atoms with Crippen LogP contribution in [0.5, 0.6) is 0 Å². The van der Waals surface area contributed by atoms with Gasteiger partial charge in [0.15, 0.2) is 0 Å². The molecule has 1 aliphatic carbocycles. The molecule has 68 valence electrons. The van der Waals surface area contributed by atoms with Gasteiger partial charge in [0, 0.05) is 5.92 Å². The van der Waals surface area contributed by atoms with Crippen molar-refractivity contribution in [2.24, 2.45) is 0 Å². The SMILES string of the molecule is CC#CCSc1nnc(C2CC2)o1. The van der Waals surface area contributed by atoms with Crippen molar-refractivity contribution in [3.63, 3.8) is 0 Å². The summed E-state index contributed by atoms with van der Waals surface area (Å²) in [5.74, 6) is 7.82. The Morgan fingerprint density at radius 3 is 3.08 bits per heavy atom. The van der Waals surface area contributed by atoms with Gasteiger partial charge in [-0.1, -0.05) is 17.7 Å². The van der Waals surface area contributed by atoms with Crippen LogP contribution in [0.15, 0.2) is 9.64 Å². The fourth-order valence-electron chi connectivity index (χ4n) is 0.944. The van der Waals surface area contributed by atoms with Crippen LogP contribution in [0.4, 0.5) is 0 Å². The summed E-state index contributed by atoms with van der Waals surface area (Å²) in [5, 5.41) is 8.54. The van der Waals surface area contributed by atoms with Crippen molar-refractivity contribution < 1.29 is 4.42 Å². The van der Waals surface area contributed by atoms with Crippen molar-refractivity contribution in [1.82, 2.24) is 10.2 Å². The van der Waals surface area contributed by atoms with Crippen LogP contribution >= 0.6 is 11.8 Å². The second-order valence-corrected chi connectivity index (χ2v) is 3.82. The van der Waals surface area contributed by atoms with Gasteiger partial charge >= 0.3 is 0 Å². The minimum atomic E-state index is 0.541. The predicted octanol–water partition coefficient (Wildman–Crippen LogP) is 2.06. The lowest BCUT2D eigenvalue weighted by Crippen LogP contribution is -1.76. The summed E-state index contributed by atoms with van der Waals surface area (Å²) in [6.07, 6.45) is 2.39. The summed E-state index contributed by atoms with van der Waals surface area (Å²) >= 11 is 1.50. The number of hydrogen-bond acceptors (Lipinski definition) is 4. The molecule has 3 nitrogen and oxygen atoms in total. The van der Waals surface area contributed by atoms with Gasteiger partial charge in [-0.3, -0.25) is 0 Å². The molecule has 0 aliphatic heterocycles. The molecule has 1 aromatic heterocycles. The van der Waals surface area contributed by atoms with E-state index in [-0.39, 0.29) is 0 Å². The Labute approximate surface area is 81.3 Å². The zero-order chi connectivity index (χ0) is 9.10. The molecule has 1 fully saturated rings.